The standard InChI is InChI=1S/C28H28FN3O5S/c1-35-20-11-9-19(10-12-20)30-27(34)25-17-26(33)32(28(38-25)31-22-7-5-4-6-21(22)29)15-14-18-8-13-23(36-2)24(16-18)37-3/h4-13,16,25H,14-15,17H2,1-3H3,(H,30,34)/t25-/m0/s1. The van der Waals surface area contributed by atoms with Gasteiger partial charge in [-0.05, 0) is 60.5 Å². The van der Waals surface area contributed by atoms with Gasteiger partial charge in [0.25, 0.3) is 0 Å². The molecule has 3 aromatic carbocycles. The van der Waals surface area contributed by atoms with Crippen LogP contribution in [0.1, 0.15) is 12.0 Å². The van der Waals surface area contributed by atoms with E-state index in [4.69, 9.17) is 14.2 Å². The maximum Gasteiger partial charge on any atom is 0.238 e. The van der Waals surface area contributed by atoms with Gasteiger partial charge in [-0.25, -0.2) is 9.38 Å². The third-order valence-corrected chi connectivity index (χ3v) is 7.12. The second-order valence-electron chi connectivity index (χ2n) is 8.36. The summed E-state index contributed by atoms with van der Waals surface area (Å²) in [5.74, 6) is 0.726. The van der Waals surface area contributed by atoms with Crippen LogP contribution in [0.5, 0.6) is 17.2 Å². The summed E-state index contributed by atoms with van der Waals surface area (Å²) >= 11 is 1.14. The SMILES string of the molecule is COc1ccc(NC(=O)[C@@H]2CC(=O)N(CCc3ccc(OC)c(OC)c3)C(=Nc3ccccc3F)S2)cc1. The summed E-state index contributed by atoms with van der Waals surface area (Å²) in [6.45, 7) is 0.293. The lowest BCUT2D eigenvalue weighted by atomic mass is 10.1. The van der Waals surface area contributed by atoms with Crippen LogP contribution in [0.15, 0.2) is 71.7 Å². The van der Waals surface area contributed by atoms with Crippen LogP contribution in [-0.2, 0) is 16.0 Å². The molecule has 1 saturated heterocycles. The van der Waals surface area contributed by atoms with E-state index in [0.29, 0.717) is 35.9 Å². The molecule has 0 spiro atoms. The van der Waals surface area contributed by atoms with Gasteiger partial charge in [0.15, 0.2) is 16.7 Å². The Bertz CT molecular complexity index is 1330. The number of anilines is 1. The largest absolute Gasteiger partial charge is 0.497 e. The summed E-state index contributed by atoms with van der Waals surface area (Å²) in [6, 6.07) is 18.5. The van der Waals surface area contributed by atoms with Crippen LogP contribution < -0.4 is 19.5 Å². The number of amidine groups is 1. The summed E-state index contributed by atoms with van der Waals surface area (Å²) in [5, 5.41) is 2.37. The second kappa shape index (κ2) is 12.5. The van der Waals surface area contributed by atoms with Gasteiger partial charge in [-0.1, -0.05) is 30.0 Å². The Morgan fingerprint density at radius 3 is 2.45 bits per heavy atom. The van der Waals surface area contributed by atoms with Crippen LogP contribution in [0, 0.1) is 5.82 Å². The van der Waals surface area contributed by atoms with Crippen molar-refractivity contribution in [3.63, 3.8) is 0 Å². The molecule has 0 radical (unpaired) electrons. The zero-order valence-corrected chi connectivity index (χ0v) is 22.1. The number of carbonyl (C=O) groups is 2. The first kappa shape index (κ1) is 27.0. The quantitative estimate of drug-likeness (QED) is 0.411. The predicted molar refractivity (Wildman–Crippen MR) is 146 cm³/mol. The number of halogens is 1. The monoisotopic (exact) mass is 537 g/mol. The molecule has 0 aromatic heterocycles. The van der Waals surface area contributed by atoms with Gasteiger partial charge in [-0.2, -0.15) is 0 Å². The Morgan fingerprint density at radius 2 is 1.76 bits per heavy atom. The third-order valence-electron chi connectivity index (χ3n) is 5.93. The fourth-order valence-electron chi connectivity index (χ4n) is 3.88. The number of benzene rings is 3. The molecule has 1 aliphatic heterocycles. The van der Waals surface area contributed by atoms with Gasteiger partial charge in [0.1, 0.15) is 22.5 Å². The molecule has 4 rings (SSSR count). The number of ether oxygens (including phenoxy) is 3. The van der Waals surface area contributed by atoms with Crippen LogP contribution in [0.25, 0.3) is 0 Å². The normalized spacial score (nSPS) is 16.3. The summed E-state index contributed by atoms with van der Waals surface area (Å²) in [5.41, 5.74) is 1.59. The predicted octanol–water partition coefficient (Wildman–Crippen LogP) is 5.05. The topological polar surface area (TPSA) is 89.5 Å². The van der Waals surface area contributed by atoms with Crippen LogP contribution in [0.3, 0.4) is 0 Å². The van der Waals surface area contributed by atoms with E-state index in [1.54, 1.807) is 63.8 Å². The minimum absolute atomic E-state index is 0.0190. The Hall–Kier alpha value is -4.05. The molecule has 10 heteroatoms. The molecule has 198 valence electrons. The molecular weight excluding hydrogens is 509 g/mol. The van der Waals surface area contributed by atoms with Gasteiger partial charge in [0.05, 0.1) is 21.3 Å². The second-order valence-corrected chi connectivity index (χ2v) is 9.53. The van der Waals surface area contributed by atoms with E-state index in [1.165, 1.54) is 17.0 Å². The molecule has 0 unspecified atom stereocenters. The van der Waals surface area contributed by atoms with E-state index < -0.39 is 11.1 Å². The smallest absolute Gasteiger partial charge is 0.238 e. The molecule has 0 bridgehead atoms. The fraction of sp³-hybridized carbons (Fsp3) is 0.250. The minimum atomic E-state index is -0.729. The number of amides is 2. The summed E-state index contributed by atoms with van der Waals surface area (Å²) in [7, 11) is 4.68. The number of aliphatic imine (C=N–C) groups is 1. The van der Waals surface area contributed by atoms with Gasteiger partial charge in [-0.3, -0.25) is 14.5 Å². The fourth-order valence-corrected chi connectivity index (χ4v) is 5.00. The highest BCUT2D eigenvalue weighted by molar-refractivity contribution is 8.15. The van der Waals surface area contributed by atoms with Crippen LogP contribution >= 0.6 is 11.8 Å². The van der Waals surface area contributed by atoms with Crippen molar-refractivity contribution in [3.8, 4) is 17.2 Å². The van der Waals surface area contributed by atoms with E-state index >= 15 is 0 Å². The first-order valence-corrected chi connectivity index (χ1v) is 12.8. The zero-order valence-electron chi connectivity index (χ0n) is 21.3. The highest BCUT2D eigenvalue weighted by Crippen LogP contribution is 2.32. The number of nitrogens with zero attached hydrogens (tertiary/aromatic N) is 2. The number of hydrogen-bond acceptors (Lipinski definition) is 7. The molecule has 0 saturated carbocycles. The van der Waals surface area contributed by atoms with Gasteiger partial charge in [0, 0.05) is 18.7 Å². The molecule has 3 aromatic rings. The number of rotatable bonds is 9. The van der Waals surface area contributed by atoms with Gasteiger partial charge >= 0.3 is 0 Å². The summed E-state index contributed by atoms with van der Waals surface area (Å²) in [6.07, 6.45) is 0.473. The Kier molecular flexibility index (Phi) is 8.85. The molecule has 38 heavy (non-hydrogen) atoms. The van der Waals surface area contributed by atoms with Crippen molar-refractivity contribution in [2.75, 3.05) is 33.2 Å². The van der Waals surface area contributed by atoms with Crippen molar-refractivity contribution in [1.29, 1.82) is 0 Å². The Labute approximate surface area is 224 Å². The first-order valence-electron chi connectivity index (χ1n) is 11.9. The summed E-state index contributed by atoms with van der Waals surface area (Å²) in [4.78, 5) is 32.3. The number of para-hydroxylation sites is 1. The van der Waals surface area contributed by atoms with E-state index in [-0.39, 0.29) is 29.1 Å². The van der Waals surface area contributed by atoms with E-state index in [0.717, 1.165) is 17.3 Å². The van der Waals surface area contributed by atoms with Crippen molar-refractivity contribution in [2.24, 2.45) is 4.99 Å². The highest BCUT2D eigenvalue weighted by atomic mass is 32.2. The molecule has 1 N–H and O–H groups in total. The van der Waals surface area contributed by atoms with E-state index in [1.807, 2.05) is 12.1 Å². The van der Waals surface area contributed by atoms with Crippen molar-refractivity contribution in [1.82, 2.24) is 4.90 Å². The third kappa shape index (κ3) is 6.44. The molecule has 0 aliphatic carbocycles. The number of nitrogens with one attached hydrogen (secondary N) is 1. The molecule has 1 atom stereocenters. The van der Waals surface area contributed by atoms with Crippen molar-refractivity contribution < 1.29 is 28.2 Å². The molecule has 8 nitrogen and oxygen atoms in total. The van der Waals surface area contributed by atoms with E-state index in [2.05, 4.69) is 10.3 Å². The number of methoxy groups -OCH3 is 3. The highest BCUT2D eigenvalue weighted by Gasteiger charge is 2.36. The number of carbonyl (C=O) groups excluding carboxylic acids is 2. The lowest BCUT2D eigenvalue weighted by Gasteiger charge is -2.32. The molecule has 1 fully saturated rings. The van der Waals surface area contributed by atoms with Gasteiger partial charge < -0.3 is 19.5 Å². The molecular formula is C28H28FN3O5S. The van der Waals surface area contributed by atoms with Crippen molar-refractivity contribution >= 4 is 40.1 Å². The van der Waals surface area contributed by atoms with Crippen LogP contribution in [-0.4, -0.2) is 55.0 Å². The lowest BCUT2D eigenvalue weighted by Crippen LogP contribution is -2.46. The maximum absolute atomic E-state index is 14.4. The molecule has 1 heterocycles. The van der Waals surface area contributed by atoms with Crippen molar-refractivity contribution in [3.05, 3.63) is 78.1 Å². The maximum atomic E-state index is 14.4. The lowest BCUT2D eigenvalue weighted by molar-refractivity contribution is -0.129. The number of hydrogen-bond donors (Lipinski definition) is 1. The number of thioether (sulfide) groups is 1. The molecule has 1 aliphatic rings. The van der Waals surface area contributed by atoms with Crippen LogP contribution in [0.2, 0.25) is 0 Å². The average molecular weight is 538 g/mol. The minimum Gasteiger partial charge on any atom is -0.497 e. The zero-order chi connectivity index (χ0) is 27.1. The molecule has 2 amide bonds. The van der Waals surface area contributed by atoms with Gasteiger partial charge in [0.2, 0.25) is 11.8 Å². The van der Waals surface area contributed by atoms with E-state index in [9.17, 15) is 14.0 Å². The Morgan fingerprint density at radius 1 is 1.03 bits per heavy atom. The summed E-state index contributed by atoms with van der Waals surface area (Å²) < 4.78 is 30.3. The van der Waals surface area contributed by atoms with Crippen LogP contribution in [0.4, 0.5) is 15.8 Å². The average Bonchev–Trinajstić information content (AvgIpc) is 2.93. The van der Waals surface area contributed by atoms with Gasteiger partial charge in [-0.15, -0.1) is 0 Å². The Balaban J connectivity index is 1.55. The van der Waals surface area contributed by atoms with Crippen molar-refractivity contribution in [2.45, 2.75) is 18.1 Å². The first-order chi connectivity index (χ1) is 18.4.